The maximum Gasteiger partial charge on any atom is 0.101 e. The molecule has 0 bridgehead atoms. The fourth-order valence-electron chi connectivity index (χ4n) is 0.533. The molecule has 0 N–H and O–H groups in total. The van der Waals surface area contributed by atoms with Gasteiger partial charge in [-0.15, -0.1) is 0 Å². The van der Waals surface area contributed by atoms with Crippen LogP contribution in [-0.2, 0) is 0 Å². The summed E-state index contributed by atoms with van der Waals surface area (Å²) in [5, 5.41) is 9.22. The lowest BCUT2D eigenvalue weighted by Crippen LogP contribution is -1.75. The highest BCUT2D eigenvalue weighted by Crippen LogP contribution is 2.18. The maximum atomic E-state index is 8.44. The zero-order chi connectivity index (χ0) is 7.56. The molecule has 1 aromatic rings. The second kappa shape index (κ2) is 2.92. The van der Waals surface area contributed by atoms with Crippen molar-refractivity contribution >= 4 is 23.2 Å². The average molecular weight is 171 g/mol. The number of rotatable bonds is 0. The van der Waals surface area contributed by atoms with Crippen LogP contribution in [-0.4, -0.2) is 0 Å². The van der Waals surface area contributed by atoms with Crippen LogP contribution >= 0.6 is 23.2 Å². The van der Waals surface area contributed by atoms with Gasteiger partial charge in [-0.2, -0.15) is 5.26 Å². The summed E-state index contributed by atoms with van der Waals surface area (Å²) in [4.78, 5) is 0. The number of hydrogen-bond acceptors (Lipinski definition) is 1. The van der Waals surface area contributed by atoms with Crippen LogP contribution in [0.2, 0.25) is 10.0 Å². The van der Waals surface area contributed by atoms with E-state index in [0.29, 0.717) is 15.6 Å². The Kier molecular flexibility index (Phi) is 2.16. The standard InChI is InChI=1S/C7H2Cl2N/c8-6-1-2-7(9)5(3-6)4-10/h2-3H. The first kappa shape index (κ1) is 7.40. The van der Waals surface area contributed by atoms with Crippen LogP contribution in [0.15, 0.2) is 12.1 Å². The third-order valence-corrected chi connectivity index (χ3v) is 1.52. The minimum atomic E-state index is 0.380. The normalized spacial score (nSPS) is 8.90. The molecule has 0 unspecified atom stereocenters. The van der Waals surface area contributed by atoms with Crippen LogP contribution in [0.5, 0.6) is 0 Å². The van der Waals surface area contributed by atoms with Crippen LogP contribution < -0.4 is 0 Å². The topological polar surface area (TPSA) is 23.8 Å². The molecule has 1 rings (SSSR count). The van der Waals surface area contributed by atoms with Gasteiger partial charge in [-0.3, -0.25) is 0 Å². The molecule has 0 atom stereocenters. The summed E-state index contributed by atoms with van der Waals surface area (Å²) in [5.41, 5.74) is 0.380. The van der Waals surface area contributed by atoms with E-state index in [0.717, 1.165) is 0 Å². The van der Waals surface area contributed by atoms with Gasteiger partial charge in [0.15, 0.2) is 0 Å². The van der Waals surface area contributed by atoms with E-state index in [2.05, 4.69) is 6.07 Å². The molecule has 0 aliphatic carbocycles. The summed E-state index contributed by atoms with van der Waals surface area (Å²) in [6.07, 6.45) is 0. The Morgan fingerprint density at radius 2 is 2.20 bits per heavy atom. The van der Waals surface area contributed by atoms with E-state index >= 15 is 0 Å². The molecule has 0 heterocycles. The summed E-state index contributed by atoms with van der Waals surface area (Å²) in [5.74, 6) is 0. The molecule has 1 radical (unpaired) electrons. The largest absolute Gasteiger partial charge is 0.192 e. The molecule has 0 amide bonds. The van der Waals surface area contributed by atoms with Crippen LogP contribution in [0.25, 0.3) is 0 Å². The first-order valence-corrected chi connectivity index (χ1v) is 3.26. The quantitative estimate of drug-likeness (QED) is 0.588. The van der Waals surface area contributed by atoms with Gasteiger partial charge in [0.05, 0.1) is 10.6 Å². The molecule has 0 saturated heterocycles. The van der Waals surface area contributed by atoms with Crippen molar-refractivity contribution in [3.05, 3.63) is 33.8 Å². The Hall–Kier alpha value is -0.710. The molecule has 0 saturated carbocycles. The SMILES string of the molecule is N#Cc1cc(Cl)[c]cc1Cl. The Labute approximate surface area is 68.8 Å². The monoisotopic (exact) mass is 170 g/mol. The molecular weight excluding hydrogens is 169 g/mol. The van der Waals surface area contributed by atoms with Crippen molar-refractivity contribution in [2.75, 3.05) is 0 Å². The molecular formula is C7H2Cl2N. The summed E-state index contributed by atoms with van der Waals surface area (Å²) in [6.45, 7) is 0. The van der Waals surface area contributed by atoms with Gasteiger partial charge in [0, 0.05) is 11.1 Å². The Balaban J connectivity index is 3.25. The van der Waals surface area contributed by atoms with Crippen molar-refractivity contribution in [3.63, 3.8) is 0 Å². The molecule has 1 nitrogen and oxygen atoms in total. The predicted octanol–water partition coefficient (Wildman–Crippen LogP) is 2.67. The lowest BCUT2D eigenvalue weighted by Gasteiger charge is -1.91. The van der Waals surface area contributed by atoms with Crippen molar-refractivity contribution in [2.45, 2.75) is 0 Å². The second-order valence-electron chi connectivity index (χ2n) is 1.65. The summed E-state index contributed by atoms with van der Waals surface area (Å²) in [7, 11) is 0. The highest BCUT2D eigenvalue weighted by molar-refractivity contribution is 6.33. The molecule has 0 spiro atoms. The Bertz CT molecular complexity index is 288. The van der Waals surface area contributed by atoms with Crippen LogP contribution in [0, 0.1) is 17.4 Å². The third-order valence-electron chi connectivity index (χ3n) is 0.986. The lowest BCUT2D eigenvalue weighted by molar-refractivity contribution is 1.48. The van der Waals surface area contributed by atoms with Gasteiger partial charge in [-0.05, 0) is 12.1 Å². The number of nitrogens with zero attached hydrogens (tertiary/aromatic N) is 1. The number of halogens is 2. The van der Waals surface area contributed by atoms with Crippen molar-refractivity contribution in [1.82, 2.24) is 0 Å². The number of hydrogen-bond donors (Lipinski definition) is 0. The van der Waals surface area contributed by atoms with Gasteiger partial charge in [0.25, 0.3) is 0 Å². The van der Waals surface area contributed by atoms with Crippen molar-refractivity contribution in [2.24, 2.45) is 0 Å². The highest BCUT2D eigenvalue weighted by Gasteiger charge is 1.98. The zero-order valence-electron chi connectivity index (χ0n) is 4.86. The molecule has 10 heavy (non-hydrogen) atoms. The second-order valence-corrected chi connectivity index (χ2v) is 2.47. The first-order valence-electron chi connectivity index (χ1n) is 2.51. The van der Waals surface area contributed by atoms with E-state index in [1.807, 2.05) is 6.07 Å². The van der Waals surface area contributed by atoms with E-state index in [1.54, 1.807) is 0 Å². The van der Waals surface area contributed by atoms with Crippen LogP contribution in [0.3, 0.4) is 0 Å². The van der Waals surface area contributed by atoms with Gasteiger partial charge in [-0.25, -0.2) is 0 Å². The van der Waals surface area contributed by atoms with E-state index in [-0.39, 0.29) is 0 Å². The predicted molar refractivity (Wildman–Crippen MR) is 40.0 cm³/mol. The van der Waals surface area contributed by atoms with Crippen LogP contribution in [0.1, 0.15) is 5.56 Å². The summed E-state index contributed by atoms with van der Waals surface area (Å²) in [6, 6.07) is 7.51. The molecule has 0 fully saturated rings. The van der Waals surface area contributed by atoms with Crippen molar-refractivity contribution < 1.29 is 0 Å². The van der Waals surface area contributed by atoms with Crippen molar-refractivity contribution in [1.29, 1.82) is 5.26 Å². The maximum absolute atomic E-state index is 8.44. The lowest BCUT2D eigenvalue weighted by atomic mass is 10.2. The van der Waals surface area contributed by atoms with E-state index < -0.39 is 0 Å². The molecule has 0 aliphatic heterocycles. The van der Waals surface area contributed by atoms with Gasteiger partial charge in [0.1, 0.15) is 6.07 Å². The molecule has 1 aromatic carbocycles. The van der Waals surface area contributed by atoms with Gasteiger partial charge < -0.3 is 0 Å². The summed E-state index contributed by atoms with van der Waals surface area (Å²) < 4.78 is 0. The fraction of sp³-hybridized carbons (Fsp3) is 0. The van der Waals surface area contributed by atoms with Crippen molar-refractivity contribution in [3.8, 4) is 6.07 Å². The van der Waals surface area contributed by atoms with Crippen LogP contribution in [0.4, 0.5) is 0 Å². The minimum Gasteiger partial charge on any atom is -0.192 e. The van der Waals surface area contributed by atoms with Gasteiger partial charge >= 0.3 is 0 Å². The molecule has 0 aromatic heterocycles. The molecule has 49 valence electrons. The zero-order valence-corrected chi connectivity index (χ0v) is 6.37. The molecule has 3 heteroatoms. The fourth-order valence-corrected chi connectivity index (χ4v) is 0.848. The molecule has 0 aliphatic rings. The Morgan fingerprint density at radius 1 is 1.50 bits per heavy atom. The van der Waals surface area contributed by atoms with Gasteiger partial charge in [-0.1, -0.05) is 23.2 Å². The average Bonchev–Trinajstić information content (AvgIpc) is 1.94. The first-order chi connectivity index (χ1) is 4.74. The highest BCUT2D eigenvalue weighted by atomic mass is 35.5. The third kappa shape index (κ3) is 1.41. The smallest absolute Gasteiger partial charge is 0.101 e. The summed E-state index contributed by atoms with van der Waals surface area (Å²) >= 11 is 11.1. The van der Waals surface area contributed by atoms with Gasteiger partial charge in [0.2, 0.25) is 0 Å². The van der Waals surface area contributed by atoms with E-state index in [4.69, 9.17) is 28.5 Å². The minimum absolute atomic E-state index is 0.380. The van der Waals surface area contributed by atoms with E-state index in [1.165, 1.54) is 12.1 Å². The Morgan fingerprint density at radius 3 is 2.70 bits per heavy atom. The number of benzene rings is 1. The number of nitriles is 1. The van der Waals surface area contributed by atoms with E-state index in [9.17, 15) is 0 Å².